The third-order valence-corrected chi connectivity index (χ3v) is 4.42. The number of urea groups is 1. The van der Waals surface area contributed by atoms with Gasteiger partial charge < -0.3 is 19.5 Å². The molecule has 2 amide bonds. The van der Waals surface area contributed by atoms with E-state index in [2.05, 4.69) is 5.32 Å². The van der Waals surface area contributed by atoms with Crippen LogP contribution in [0.3, 0.4) is 0 Å². The van der Waals surface area contributed by atoms with Crippen molar-refractivity contribution in [2.24, 2.45) is 5.92 Å². The summed E-state index contributed by atoms with van der Waals surface area (Å²) in [5, 5.41) is 2.91. The van der Waals surface area contributed by atoms with Gasteiger partial charge in [0.25, 0.3) is 0 Å². The molecule has 1 unspecified atom stereocenters. The quantitative estimate of drug-likeness (QED) is 0.902. The number of furan rings is 1. The summed E-state index contributed by atoms with van der Waals surface area (Å²) in [4.78, 5) is 15.7. The van der Waals surface area contributed by atoms with E-state index in [0.717, 1.165) is 24.8 Å². The van der Waals surface area contributed by atoms with E-state index in [1.165, 1.54) is 6.07 Å². The molecule has 1 atom stereocenters. The predicted octanol–water partition coefficient (Wildman–Crippen LogP) is 3.23. The van der Waals surface area contributed by atoms with Crippen LogP contribution in [-0.2, 0) is 6.54 Å². The van der Waals surface area contributed by atoms with Crippen molar-refractivity contribution in [3.63, 3.8) is 0 Å². The van der Waals surface area contributed by atoms with E-state index in [9.17, 15) is 13.6 Å². The van der Waals surface area contributed by atoms with E-state index in [1.54, 1.807) is 30.3 Å². The first-order valence-corrected chi connectivity index (χ1v) is 8.24. The van der Waals surface area contributed by atoms with E-state index < -0.39 is 11.6 Å². The monoisotopic (exact) mass is 349 g/mol. The highest BCUT2D eigenvalue weighted by molar-refractivity contribution is 5.73. The Kier molecular flexibility index (Phi) is 5.21. The lowest BCUT2D eigenvalue weighted by molar-refractivity contribution is 0.201. The molecule has 1 aliphatic heterocycles. The molecule has 0 radical (unpaired) electrons. The number of rotatable bonds is 5. The minimum absolute atomic E-state index is 0.164. The third kappa shape index (κ3) is 4.29. The molecular weight excluding hydrogens is 328 g/mol. The molecular formula is C18H21F2N3O2. The van der Waals surface area contributed by atoms with Crippen LogP contribution in [0.25, 0.3) is 0 Å². The van der Waals surface area contributed by atoms with Crippen LogP contribution in [-0.4, -0.2) is 37.6 Å². The molecule has 1 saturated heterocycles. The Morgan fingerprint density at radius 3 is 2.92 bits per heavy atom. The number of hydrogen-bond donors (Lipinski definition) is 1. The van der Waals surface area contributed by atoms with Gasteiger partial charge in [0.2, 0.25) is 0 Å². The van der Waals surface area contributed by atoms with Crippen molar-refractivity contribution < 1.29 is 18.0 Å². The lowest BCUT2D eigenvalue weighted by Crippen LogP contribution is -2.39. The summed E-state index contributed by atoms with van der Waals surface area (Å²) < 4.78 is 31.6. The fraction of sp³-hybridized carbons (Fsp3) is 0.389. The molecule has 3 rings (SSSR count). The molecule has 2 heterocycles. The second kappa shape index (κ2) is 7.55. The standard InChI is InChI=1S/C18H21F2N3O2/c1-22(12-15-3-2-8-25-15)18(24)21-10-13-6-7-23(11-13)14-4-5-16(19)17(20)9-14/h2-5,8-9,13H,6-7,10-12H2,1H3,(H,21,24). The van der Waals surface area contributed by atoms with E-state index in [4.69, 9.17) is 4.42 Å². The van der Waals surface area contributed by atoms with Crippen molar-refractivity contribution in [2.75, 3.05) is 31.6 Å². The zero-order valence-corrected chi connectivity index (χ0v) is 14.0. The first kappa shape index (κ1) is 17.3. The number of hydrogen-bond acceptors (Lipinski definition) is 3. The van der Waals surface area contributed by atoms with Crippen molar-refractivity contribution in [3.05, 3.63) is 54.0 Å². The first-order chi connectivity index (χ1) is 12.0. The highest BCUT2D eigenvalue weighted by Crippen LogP contribution is 2.25. The van der Waals surface area contributed by atoms with Gasteiger partial charge in [-0.2, -0.15) is 0 Å². The molecule has 2 aromatic rings. The molecule has 7 heteroatoms. The molecule has 0 aliphatic carbocycles. The van der Waals surface area contributed by atoms with Crippen LogP contribution >= 0.6 is 0 Å². The maximum atomic E-state index is 13.4. The first-order valence-electron chi connectivity index (χ1n) is 8.24. The van der Waals surface area contributed by atoms with Crippen molar-refractivity contribution in [2.45, 2.75) is 13.0 Å². The predicted molar refractivity (Wildman–Crippen MR) is 90.3 cm³/mol. The van der Waals surface area contributed by atoms with Gasteiger partial charge in [-0.15, -0.1) is 0 Å². The smallest absolute Gasteiger partial charge is 0.317 e. The minimum Gasteiger partial charge on any atom is -0.467 e. The van der Waals surface area contributed by atoms with Gasteiger partial charge in [-0.1, -0.05) is 0 Å². The van der Waals surface area contributed by atoms with Crippen LogP contribution in [0.1, 0.15) is 12.2 Å². The average Bonchev–Trinajstić information content (AvgIpc) is 3.27. The molecule has 0 saturated carbocycles. The molecule has 1 aliphatic rings. The molecule has 1 aromatic heterocycles. The number of nitrogens with one attached hydrogen (secondary N) is 1. The molecule has 25 heavy (non-hydrogen) atoms. The SMILES string of the molecule is CN(Cc1ccco1)C(=O)NCC1CCN(c2ccc(F)c(F)c2)C1. The lowest BCUT2D eigenvalue weighted by Gasteiger charge is -2.20. The zero-order valence-electron chi connectivity index (χ0n) is 14.0. The largest absolute Gasteiger partial charge is 0.467 e. The summed E-state index contributed by atoms with van der Waals surface area (Å²) in [6, 6.07) is 7.38. The number of anilines is 1. The van der Waals surface area contributed by atoms with Gasteiger partial charge in [0.05, 0.1) is 12.8 Å². The molecule has 0 spiro atoms. The van der Waals surface area contributed by atoms with Crippen LogP contribution in [0.5, 0.6) is 0 Å². The van der Waals surface area contributed by atoms with Gasteiger partial charge in [-0.25, -0.2) is 13.6 Å². The Balaban J connectivity index is 1.46. The Morgan fingerprint density at radius 1 is 1.36 bits per heavy atom. The van der Waals surface area contributed by atoms with Gasteiger partial charge in [0.1, 0.15) is 5.76 Å². The van der Waals surface area contributed by atoms with Crippen molar-refractivity contribution in [3.8, 4) is 0 Å². The second-order valence-corrected chi connectivity index (χ2v) is 6.32. The van der Waals surface area contributed by atoms with Gasteiger partial charge in [-0.05, 0) is 36.6 Å². The average molecular weight is 349 g/mol. The van der Waals surface area contributed by atoms with Crippen molar-refractivity contribution in [1.82, 2.24) is 10.2 Å². The van der Waals surface area contributed by atoms with Gasteiger partial charge >= 0.3 is 6.03 Å². The molecule has 1 fully saturated rings. The van der Waals surface area contributed by atoms with Gasteiger partial charge in [0, 0.05) is 38.4 Å². The van der Waals surface area contributed by atoms with E-state index >= 15 is 0 Å². The van der Waals surface area contributed by atoms with Gasteiger partial charge in [0.15, 0.2) is 11.6 Å². The summed E-state index contributed by atoms with van der Waals surface area (Å²) >= 11 is 0. The second-order valence-electron chi connectivity index (χ2n) is 6.32. The fourth-order valence-corrected chi connectivity index (χ4v) is 2.99. The van der Waals surface area contributed by atoms with Crippen molar-refractivity contribution >= 4 is 11.7 Å². The number of halogens is 2. The lowest BCUT2D eigenvalue weighted by atomic mass is 10.1. The summed E-state index contributed by atoms with van der Waals surface area (Å²) in [5.41, 5.74) is 0.669. The highest BCUT2D eigenvalue weighted by atomic mass is 19.2. The third-order valence-electron chi connectivity index (χ3n) is 4.42. The Morgan fingerprint density at radius 2 is 2.20 bits per heavy atom. The fourth-order valence-electron chi connectivity index (χ4n) is 2.99. The maximum Gasteiger partial charge on any atom is 0.317 e. The normalized spacial score (nSPS) is 16.9. The van der Waals surface area contributed by atoms with E-state index in [-0.39, 0.29) is 11.9 Å². The molecule has 0 bridgehead atoms. The van der Waals surface area contributed by atoms with Crippen LogP contribution in [0.2, 0.25) is 0 Å². The minimum atomic E-state index is -0.841. The summed E-state index contributed by atoms with van der Waals surface area (Å²) in [6.07, 6.45) is 2.47. The van der Waals surface area contributed by atoms with Crippen LogP contribution < -0.4 is 10.2 Å². The Labute approximate surface area is 145 Å². The summed E-state index contributed by atoms with van der Waals surface area (Å²) in [6.45, 7) is 2.41. The Hall–Kier alpha value is -2.57. The zero-order chi connectivity index (χ0) is 17.8. The van der Waals surface area contributed by atoms with Crippen molar-refractivity contribution in [1.29, 1.82) is 0 Å². The molecule has 5 nitrogen and oxygen atoms in total. The van der Waals surface area contributed by atoms with Gasteiger partial charge in [-0.3, -0.25) is 0 Å². The van der Waals surface area contributed by atoms with E-state index in [1.807, 2.05) is 11.0 Å². The highest BCUT2D eigenvalue weighted by Gasteiger charge is 2.24. The number of nitrogens with zero attached hydrogens (tertiary/aromatic N) is 2. The molecule has 1 aromatic carbocycles. The Bertz CT molecular complexity index is 721. The summed E-state index contributed by atoms with van der Waals surface area (Å²) in [7, 11) is 1.71. The number of carbonyl (C=O) groups is 1. The maximum absolute atomic E-state index is 13.4. The number of carbonyl (C=O) groups excluding carboxylic acids is 1. The number of benzene rings is 1. The number of amides is 2. The topological polar surface area (TPSA) is 48.7 Å². The molecule has 134 valence electrons. The summed E-state index contributed by atoms with van der Waals surface area (Å²) in [5.74, 6) is -0.683. The van der Waals surface area contributed by atoms with Crippen LogP contribution in [0.15, 0.2) is 41.0 Å². The van der Waals surface area contributed by atoms with Crippen LogP contribution in [0, 0.1) is 17.6 Å². The van der Waals surface area contributed by atoms with Crippen LogP contribution in [0.4, 0.5) is 19.3 Å². The van der Waals surface area contributed by atoms with E-state index in [0.29, 0.717) is 25.3 Å². The molecule has 1 N–H and O–H groups in total.